The lowest BCUT2D eigenvalue weighted by Gasteiger charge is -2.38. The molecule has 0 aromatic rings. The van der Waals surface area contributed by atoms with E-state index in [0.29, 0.717) is 0 Å². The second-order valence-electron chi connectivity index (χ2n) is 6.40. The van der Waals surface area contributed by atoms with Gasteiger partial charge in [0.2, 0.25) is 0 Å². The molecule has 1 saturated carbocycles. The molecular weight excluding hydrogens is 246 g/mol. The molecule has 0 aliphatic heterocycles. The molecule has 1 unspecified atom stereocenters. The van der Waals surface area contributed by atoms with Crippen molar-refractivity contribution in [2.24, 2.45) is 0 Å². The van der Waals surface area contributed by atoms with Gasteiger partial charge in [-0.3, -0.25) is 4.31 Å². The Bertz CT molecular complexity index is 207. The highest BCUT2D eigenvalue weighted by molar-refractivity contribution is 8.32. The first-order valence-corrected chi connectivity index (χ1v) is 12.0. The smallest absolute Gasteiger partial charge is 0.0181 e. The summed E-state index contributed by atoms with van der Waals surface area (Å²) in [7, 11) is 2.10. The van der Waals surface area contributed by atoms with Crippen LogP contribution in [0.1, 0.15) is 38.5 Å². The van der Waals surface area contributed by atoms with E-state index in [-0.39, 0.29) is 21.1 Å². The number of nitrogens with zero attached hydrogens (tertiary/aromatic N) is 1. The minimum atomic E-state index is -0.278. The van der Waals surface area contributed by atoms with Crippen LogP contribution in [0.2, 0.25) is 0 Å². The Hall–Kier alpha value is 0.660. The fourth-order valence-corrected chi connectivity index (χ4v) is 5.56. The number of rotatable bonds is 6. The summed E-state index contributed by atoms with van der Waals surface area (Å²) in [6, 6.07) is 0.904. The zero-order chi connectivity index (χ0) is 12.9. The van der Waals surface area contributed by atoms with Crippen LogP contribution in [0.15, 0.2) is 0 Å². The van der Waals surface area contributed by atoms with Crippen molar-refractivity contribution in [1.29, 1.82) is 0 Å². The summed E-state index contributed by atoms with van der Waals surface area (Å²) in [4.78, 5) is 0. The van der Waals surface area contributed by atoms with Gasteiger partial charge in [-0.15, -0.1) is 0 Å². The normalized spacial score (nSPS) is 22.8. The van der Waals surface area contributed by atoms with Crippen LogP contribution in [-0.4, -0.2) is 53.9 Å². The zero-order valence-corrected chi connectivity index (χ0v) is 14.2. The van der Waals surface area contributed by atoms with Crippen molar-refractivity contribution in [3.8, 4) is 0 Å². The van der Waals surface area contributed by atoms with Crippen LogP contribution in [-0.2, 0) is 0 Å². The van der Waals surface area contributed by atoms with Crippen LogP contribution >= 0.6 is 21.1 Å². The lowest BCUT2D eigenvalue weighted by molar-refractivity contribution is 0.303. The van der Waals surface area contributed by atoms with E-state index in [0.717, 1.165) is 6.04 Å². The van der Waals surface area contributed by atoms with Crippen molar-refractivity contribution < 1.29 is 0 Å². The number of thiol groups is 1. The third-order valence-electron chi connectivity index (χ3n) is 3.88. The molecule has 1 aliphatic rings. The predicted octanol–water partition coefficient (Wildman–Crippen LogP) is 3.88. The summed E-state index contributed by atoms with van der Waals surface area (Å²) >= 11 is 0.129. The molecule has 0 spiro atoms. The Morgan fingerprint density at radius 3 is 2.24 bits per heavy atom. The molecule has 0 aromatic heterocycles. The fraction of sp³-hybridized carbons (Fsp3) is 1.00. The lowest BCUT2D eigenvalue weighted by atomic mass is 9.96. The highest BCUT2D eigenvalue weighted by Gasteiger charge is 2.20. The average molecular weight is 280 g/mol. The molecular formula is C14H33NS2. The lowest BCUT2D eigenvalue weighted by Crippen LogP contribution is -2.31. The maximum Gasteiger partial charge on any atom is 0.0181 e. The van der Waals surface area contributed by atoms with Crippen molar-refractivity contribution >= 4 is 21.1 Å². The molecule has 106 valence electrons. The molecule has 0 amide bonds. The first kappa shape index (κ1) is 15.7. The van der Waals surface area contributed by atoms with Crippen molar-refractivity contribution in [3.63, 3.8) is 0 Å². The fourth-order valence-electron chi connectivity index (χ4n) is 2.62. The molecule has 1 atom stereocenters. The molecule has 17 heavy (non-hydrogen) atoms. The zero-order valence-electron chi connectivity index (χ0n) is 12.5. The maximum absolute atomic E-state index is 2.73. The quantitative estimate of drug-likeness (QED) is 0.722. The second-order valence-corrected chi connectivity index (χ2v) is 13.4. The van der Waals surface area contributed by atoms with Gasteiger partial charge in [0, 0.05) is 6.04 Å². The van der Waals surface area contributed by atoms with Gasteiger partial charge in [-0.05, 0) is 62.8 Å². The molecule has 0 radical (unpaired) electrons. The molecule has 0 N–H and O–H groups in total. The summed E-state index contributed by atoms with van der Waals surface area (Å²) in [5.74, 6) is 2.91. The van der Waals surface area contributed by atoms with Gasteiger partial charge in [0.25, 0.3) is 0 Å². The summed E-state index contributed by atoms with van der Waals surface area (Å²) in [5.41, 5.74) is 0. The van der Waals surface area contributed by atoms with Crippen LogP contribution < -0.4 is 0 Å². The third-order valence-corrected chi connectivity index (χ3v) is 7.76. The molecule has 0 bridgehead atoms. The third kappa shape index (κ3) is 6.40. The summed E-state index contributed by atoms with van der Waals surface area (Å²) in [5, 5.41) is 0. The standard InChI is InChI=1S/C14H33NS2/c1-15(14-10-7-6-8-11-14)16(2)12-9-13-17(3,4)5/h14,16H,6-13H2,1-5H3. The van der Waals surface area contributed by atoms with Gasteiger partial charge >= 0.3 is 0 Å². The van der Waals surface area contributed by atoms with Gasteiger partial charge in [0.15, 0.2) is 0 Å². The topological polar surface area (TPSA) is 3.24 Å². The maximum atomic E-state index is 2.73. The molecule has 3 heteroatoms. The minimum absolute atomic E-state index is 0.129. The van der Waals surface area contributed by atoms with E-state index in [1.54, 1.807) is 0 Å². The Morgan fingerprint density at radius 1 is 1.12 bits per heavy atom. The van der Waals surface area contributed by atoms with Gasteiger partial charge in [0.05, 0.1) is 0 Å². The van der Waals surface area contributed by atoms with Crippen LogP contribution in [0, 0.1) is 0 Å². The average Bonchev–Trinajstić information content (AvgIpc) is 2.27. The van der Waals surface area contributed by atoms with E-state index in [1.165, 1.54) is 50.0 Å². The highest BCUT2D eigenvalue weighted by atomic mass is 32.3. The van der Waals surface area contributed by atoms with Crippen molar-refractivity contribution in [1.82, 2.24) is 4.31 Å². The van der Waals surface area contributed by atoms with Crippen molar-refractivity contribution in [2.45, 2.75) is 44.6 Å². The second kappa shape index (κ2) is 7.30. The van der Waals surface area contributed by atoms with Crippen molar-refractivity contribution in [2.75, 3.05) is 43.6 Å². The molecule has 1 aliphatic carbocycles. The Labute approximate surface area is 114 Å². The minimum Gasteiger partial charge on any atom is -0.270 e. The van der Waals surface area contributed by atoms with Gasteiger partial charge in [-0.1, -0.05) is 19.3 Å². The molecule has 0 saturated heterocycles. The Kier molecular flexibility index (Phi) is 6.75. The molecule has 1 rings (SSSR count). The monoisotopic (exact) mass is 279 g/mol. The van der Waals surface area contributed by atoms with E-state index >= 15 is 0 Å². The molecule has 0 aromatic carbocycles. The Balaban J connectivity index is 2.23. The molecule has 1 nitrogen and oxygen atoms in total. The predicted molar refractivity (Wildman–Crippen MR) is 89.3 cm³/mol. The Morgan fingerprint density at radius 2 is 1.71 bits per heavy atom. The van der Waals surface area contributed by atoms with Gasteiger partial charge in [-0.25, -0.2) is 21.1 Å². The van der Waals surface area contributed by atoms with Crippen molar-refractivity contribution in [3.05, 3.63) is 0 Å². The first-order valence-electron chi connectivity index (χ1n) is 7.00. The highest BCUT2D eigenvalue weighted by Crippen LogP contribution is 2.38. The van der Waals surface area contributed by atoms with Crippen LogP contribution in [0.3, 0.4) is 0 Å². The largest absolute Gasteiger partial charge is 0.270 e. The summed E-state index contributed by atoms with van der Waals surface area (Å²) in [6.07, 6.45) is 18.6. The van der Waals surface area contributed by atoms with Crippen LogP contribution in [0.5, 0.6) is 0 Å². The number of hydrogen-bond donors (Lipinski definition) is 1. The van der Waals surface area contributed by atoms with E-state index in [1.807, 2.05) is 0 Å². The van der Waals surface area contributed by atoms with Gasteiger partial charge < -0.3 is 0 Å². The van der Waals surface area contributed by atoms with Gasteiger partial charge in [-0.2, -0.15) is 0 Å². The summed E-state index contributed by atoms with van der Waals surface area (Å²) in [6.45, 7) is 0. The van der Waals surface area contributed by atoms with E-state index in [2.05, 4.69) is 36.4 Å². The van der Waals surface area contributed by atoms with E-state index in [9.17, 15) is 0 Å². The number of hydrogen-bond acceptors (Lipinski definition) is 1. The van der Waals surface area contributed by atoms with E-state index < -0.39 is 0 Å². The van der Waals surface area contributed by atoms with Crippen LogP contribution in [0.4, 0.5) is 0 Å². The van der Waals surface area contributed by atoms with E-state index in [4.69, 9.17) is 0 Å². The SMILES string of the molecule is CN(C1CCCCC1)[SH](C)CCCS(C)(C)C. The summed E-state index contributed by atoms with van der Waals surface area (Å²) < 4.78 is 2.73. The first-order chi connectivity index (χ1) is 7.90. The molecule has 0 heterocycles. The van der Waals surface area contributed by atoms with Gasteiger partial charge in [0.1, 0.15) is 0 Å². The molecule has 1 fully saturated rings. The van der Waals surface area contributed by atoms with Crippen LogP contribution in [0.25, 0.3) is 0 Å².